The molecule has 172 valence electrons. The number of hydrogen-bond acceptors (Lipinski definition) is 7. The van der Waals surface area contributed by atoms with Crippen LogP contribution in [0.25, 0.3) is 26.9 Å². The van der Waals surface area contributed by atoms with E-state index in [1.54, 1.807) is 29.0 Å². The van der Waals surface area contributed by atoms with Gasteiger partial charge in [0, 0.05) is 18.5 Å². The lowest BCUT2D eigenvalue weighted by Gasteiger charge is -2.12. The Hall–Kier alpha value is -3.24. The first-order chi connectivity index (χ1) is 16.6. The summed E-state index contributed by atoms with van der Waals surface area (Å²) in [7, 11) is 1.70. The maximum absolute atomic E-state index is 13.5. The molecule has 4 aromatic heterocycles. The molecule has 0 spiro atoms. The Morgan fingerprint density at radius 3 is 2.82 bits per heavy atom. The van der Waals surface area contributed by atoms with Crippen LogP contribution in [0.1, 0.15) is 29.1 Å². The summed E-state index contributed by atoms with van der Waals surface area (Å²) in [6.45, 7) is 4.24. The molecule has 5 aromatic rings. The minimum Gasteiger partial charge on any atom is -0.283 e. The molecule has 34 heavy (non-hydrogen) atoms. The van der Waals surface area contributed by atoms with Gasteiger partial charge in [0.05, 0.1) is 22.0 Å². The highest BCUT2D eigenvalue weighted by Gasteiger charge is 2.22. The van der Waals surface area contributed by atoms with Crippen LogP contribution in [0.15, 0.2) is 51.7 Å². The van der Waals surface area contributed by atoms with Crippen molar-refractivity contribution in [3.05, 3.63) is 73.9 Å². The molecule has 1 aromatic carbocycles. The van der Waals surface area contributed by atoms with Gasteiger partial charge in [0.25, 0.3) is 11.1 Å². The molecular weight excluding hydrogens is 468 g/mol. The lowest BCUT2D eigenvalue weighted by atomic mass is 9.97. The number of thioether (sulfide) groups is 1. The lowest BCUT2D eigenvalue weighted by Crippen LogP contribution is -2.23. The Morgan fingerprint density at radius 1 is 1.15 bits per heavy atom. The summed E-state index contributed by atoms with van der Waals surface area (Å²) in [6, 6.07) is 7.45. The molecule has 6 rings (SSSR count). The van der Waals surface area contributed by atoms with Crippen molar-refractivity contribution >= 4 is 50.0 Å². The van der Waals surface area contributed by atoms with Crippen molar-refractivity contribution in [1.29, 1.82) is 0 Å². The summed E-state index contributed by atoms with van der Waals surface area (Å²) in [5.74, 6) is 1.62. The van der Waals surface area contributed by atoms with E-state index in [4.69, 9.17) is 4.98 Å². The lowest BCUT2D eigenvalue weighted by molar-refractivity contribution is 0.668. The zero-order valence-electron chi connectivity index (χ0n) is 18.7. The van der Waals surface area contributed by atoms with Gasteiger partial charge in [-0.2, -0.15) is 0 Å². The Morgan fingerprint density at radius 2 is 1.97 bits per heavy atom. The monoisotopic (exact) mass is 490 g/mol. The van der Waals surface area contributed by atoms with Crippen molar-refractivity contribution in [2.75, 3.05) is 0 Å². The summed E-state index contributed by atoms with van der Waals surface area (Å²) in [5.41, 5.74) is 1.85. The number of para-hydroxylation sites is 1. The molecule has 0 unspecified atom stereocenters. The fourth-order valence-electron chi connectivity index (χ4n) is 4.73. The van der Waals surface area contributed by atoms with Crippen LogP contribution in [0.3, 0.4) is 0 Å². The van der Waals surface area contributed by atoms with Crippen LogP contribution >= 0.6 is 23.1 Å². The highest BCUT2D eigenvalue weighted by Crippen LogP contribution is 2.35. The number of aromatic nitrogens is 6. The van der Waals surface area contributed by atoms with Gasteiger partial charge in [-0.1, -0.05) is 30.0 Å². The van der Waals surface area contributed by atoms with E-state index in [-0.39, 0.29) is 11.1 Å². The van der Waals surface area contributed by atoms with Gasteiger partial charge in [-0.15, -0.1) is 28.1 Å². The molecular formula is C24H22N6O2S2. The topological polar surface area (TPSA) is 87.1 Å². The SMILES string of the molecule is C=CCn1c(SCc2nnc3n(C)c(=O)c4ccccc4n23)nc2sc3c(c2c1=O)CCCC3. The van der Waals surface area contributed by atoms with E-state index in [0.717, 1.165) is 35.0 Å². The number of hydrogen-bond donors (Lipinski definition) is 0. The first-order valence-electron chi connectivity index (χ1n) is 11.2. The standard InChI is InChI=1S/C24H22N6O2S2/c1-3-12-29-22(32)19-15-9-5-7-11-17(15)34-20(19)25-24(29)33-13-18-26-27-23-28(2)21(31)14-8-4-6-10-16(14)30(18)23/h3-4,6,8,10H,1,5,7,9,11-13H2,2H3. The van der Waals surface area contributed by atoms with Gasteiger partial charge in [0.2, 0.25) is 5.78 Å². The number of aryl methyl sites for hydroxylation is 3. The second kappa shape index (κ2) is 8.21. The van der Waals surface area contributed by atoms with Crippen LogP contribution in [0.5, 0.6) is 0 Å². The van der Waals surface area contributed by atoms with Crippen molar-refractivity contribution in [1.82, 2.24) is 28.7 Å². The van der Waals surface area contributed by atoms with Gasteiger partial charge in [-0.3, -0.25) is 23.1 Å². The molecule has 10 heteroatoms. The van der Waals surface area contributed by atoms with Gasteiger partial charge in [-0.05, 0) is 43.4 Å². The van der Waals surface area contributed by atoms with Gasteiger partial charge in [0.1, 0.15) is 10.7 Å². The van der Waals surface area contributed by atoms with Crippen LogP contribution in [-0.2, 0) is 32.2 Å². The molecule has 0 N–H and O–H groups in total. The first kappa shape index (κ1) is 21.3. The number of fused-ring (bicyclic) bond motifs is 6. The van der Waals surface area contributed by atoms with Crippen LogP contribution in [0, 0.1) is 0 Å². The summed E-state index contributed by atoms with van der Waals surface area (Å²) >= 11 is 3.10. The fraction of sp³-hybridized carbons (Fsp3) is 0.292. The molecule has 8 nitrogen and oxygen atoms in total. The van der Waals surface area contributed by atoms with E-state index in [9.17, 15) is 9.59 Å². The Kier molecular flexibility index (Phi) is 5.14. The Labute approximate surface area is 202 Å². The number of rotatable bonds is 5. The van der Waals surface area contributed by atoms with Crippen LogP contribution in [0.2, 0.25) is 0 Å². The quantitative estimate of drug-likeness (QED) is 0.212. The molecule has 1 aliphatic carbocycles. The molecule has 4 heterocycles. The third-order valence-corrected chi connectivity index (χ3v) is 8.53. The molecule has 0 atom stereocenters. The second-order valence-electron chi connectivity index (χ2n) is 8.41. The van der Waals surface area contributed by atoms with E-state index >= 15 is 0 Å². The molecule has 1 aliphatic rings. The van der Waals surface area contributed by atoms with Crippen LogP contribution in [0.4, 0.5) is 0 Å². The summed E-state index contributed by atoms with van der Waals surface area (Å²) in [4.78, 5) is 33.2. The van der Waals surface area contributed by atoms with E-state index in [1.165, 1.54) is 33.2 Å². The first-order valence-corrected chi connectivity index (χ1v) is 13.0. The third-order valence-electron chi connectivity index (χ3n) is 6.37. The molecule has 0 saturated heterocycles. The minimum atomic E-state index is -0.108. The predicted molar refractivity (Wildman–Crippen MR) is 136 cm³/mol. The molecule has 0 aliphatic heterocycles. The van der Waals surface area contributed by atoms with Crippen LogP contribution in [-0.4, -0.2) is 28.7 Å². The average molecular weight is 491 g/mol. The Balaban J connectivity index is 1.47. The van der Waals surface area contributed by atoms with Gasteiger partial charge < -0.3 is 0 Å². The van der Waals surface area contributed by atoms with Crippen molar-refractivity contribution in [3.8, 4) is 0 Å². The highest BCUT2D eigenvalue weighted by molar-refractivity contribution is 7.98. The number of thiophene rings is 1. The van der Waals surface area contributed by atoms with Crippen molar-refractivity contribution in [2.24, 2.45) is 7.05 Å². The largest absolute Gasteiger partial charge is 0.283 e. The molecule has 0 bridgehead atoms. The molecule has 0 amide bonds. The van der Waals surface area contributed by atoms with Crippen molar-refractivity contribution in [2.45, 2.75) is 43.1 Å². The molecule has 0 fully saturated rings. The van der Waals surface area contributed by atoms with Gasteiger partial charge >= 0.3 is 0 Å². The van der Waals surface area contributed by atoms with E-state index in [1.807, 2.05) is 28.7 Å². The normalized spacial score (nSPS) is 13.7. The minimum absolute atomic E-state index is 0.00532. The molecule has 0 radical (unpaired) electrons. The third kappa shape index (κ3) is 3.16. The number of allylic oxidation sites excluding steroid dienone is 1. The van der Waals surface area contributed by atoms with Crippen molar-refractivity contribution < 1.29 is 0 Å². The second-order valence-corrected chi connectivity index (χ2v) is 10.4. The highest BCUT2D eigenvalue weighted by atomic mass is 32.2. The van der Waals surface area contributed by atoms with E-state index < -0.39 is 0 Å². The van der Waals surface area contributed by atoms with Crippen LogP contribution < -0.4 is 11.1 Å². The summed E-state index contributed by atoms with van der Waals surface area (Å²) in [5, 5.41) is 10.7. The van der Waals surface area contributed by atoms with Gasteiger partial charge in [0.15, 0.2) is 5.16 Å². The zero-order chi connectivity index (χ0) is 23.4. The predicted octanol–water partition coefficient (Wildman–Crippen LogP) is 3.71. The molecule has 0 saturated carbocycles. The zero-order valence-corrected chi connectivity index (χ0v) is 20.3. The summed E-state index contributed by atoms with van der Waals surface area (Å²) in [6.07, 6.45) is 5.99. The van der Waals surface area contributed by atoms with E-state index in [0.29, 0.717) is 34.4 Å². The van der Waals surface area contributed by atoms with Gasteiger partial charge in [-0.25, -0.2) is 4.98 Å². The van der Waals surface area contributed by atoms with E-state index in [2.05, 4.69) is 16.8 Å². The average Bonchev–Trinajstić information content (AvgIpc) is 3.45. The number of benzene rings is 1. The maximum atomic E-state index is 13.5. The Bertz CT molecular complexity index is 1730. The maximum Gasteiger partial charge on any atom is 0.263 e. The summed E-state index contributed by atoms with van der Waals surface area (Å²) < 4.78 is 5.12. The number of nitrogens with zero attached hydrogens (tertiary/aromatic N) is 6. The van der Waals surface area contributed by atoms with Crippen molar-refractivity contribution in [3.63, 3.8) is 0 Å². The smallest absolute Gasteiger partial charge is 0.263 e. The fourth-order valence-corrected chi connectivity index (χ4v) is 6.96.